The van der Waals surface area contributed by atoms with Crippen LogP contribution in [0.2, 0.25) is 0 Å². The number of aromatic amines is 1. The van der Waals surface area contributed by atoms with E-state index in [-0.39, 0.29) is 11.4 Å². The number of H-pyrrole nitrogens is 1. The molecule has 0 bridgehead atoms. The maximum absolute atomic E-state index is 12.7. The lowest BCUT2D eigenvalue weighted by atomic mass is 10.2. The number of ether oxygens (including phenoxy) is 2. The molecule has 2 heterocycles. The van der Waals surface area contributed by atoms with E-state index in [4.69, 9.17) is 9.47 Å². The second kappa shape index (κ2) is 7.95. The molecular formula is C19H19N3O6. The molecule has 28 heavy (non-hydrogen) atoms. The van der Waals surface area contributed by atoms with E-state index in [1.54, 1.807) is 25.3 Å². The highest BCUT2D eigenvalue weighted by atomic mass is 16.5. The summed E-state index contributed by atoms with van der Waals surface area (Å²) in [4.78, 5) is 53.6. The van der Waals surface area contributed by atoms with E-state index in [1.165, 1.54) is 18.2 Å². The average Bonchev–Trinajstić information content (AvgIpc) is 3.28. The Hall–Kier alpha value is -3.62. The SMILES string of the molecule is CCOc1ccc(N2C(=O)C(=O)N(CC(=O)c3ccc[nH]3)C2=O)cc1OCC. The zero-order valence-electron chi connectivity index (χ0n) is 15.4. The molecule has 1 aromatic carbocycles. The Balaban J connectivity index is 1.87. The van der Waals surface area contributed by atoms with Crippen molar-refractivity contribution < 1.29 is 28.7 Å². The average molecular weight is 385 g/mol. The number of urea groups is 1. The first kappa shape index (κ1) is 19.2. The van der Waals surface area contributed by atoms with Crippen LogP contribution in [0.15, 0.2) is 36.5 Å². The van der Waals surface area contributed by atoms with Crippen LogP contribution in [-0.2, 0) is 9.59 Å². The van der Waals surface area contributed by atoms with Crippen LogP contribution in [0.5, 0.6) is 11.5 Å². The first-order valence-corrected chi connectivity index (χ1v) is 8.74. The quantitative estimate of drug-likeness (QED) is 0.423. The summed E-state index contributed by atoms with van der Waals surface area (Å²) in [6.07, 6.45) is 1.55. The van der Waals surface area contributed by atoms with Crippen molar-refractivity contribution in [2.45, 2.75) is 13.8 Å². The number of amides is 4. The van der Waals surface area contributed by atoms with Crippen molar-refractivity contribution in [1.82, 2.24) is 9.88 Å². The Kier molecular flexibility index (Phi) is 5.44. The second-order valence-corrected chi connectivity index (χ2v) is 5.82. The van der Waals surface area contributed by atoms with E-state index < -0.39 is 30.2 Å². The van der Waals surface area contributed by atoms with Crippen LogP contribution in [0.25, 0.3) is 0 Å². The van der Waals surface area contributed by atoms with Gasteiger partial charge in [0, 0.05) is 12.3 Å². The molecule has 4 amide bonds. The molecule has 1 N–H and O–H groups in total. The lowest BCUT2D eigenvalue weighted by molar-refractivity contribution is -0.139. The van der Waals surface area contributed by atoms with Gasteiger partial charge >= 0.3 is 17.8 Å². The maximum atomic E-state index is 12.7. The molecule has 1 aliphatic heterocycles. The highest BCUT2D eigenvalue weighted by Gasteiger charge is 2.46. The van der Waals surface area contributed by atoms with Gasteiger partial charge in [-0.3, -0.25) is 14.4 Å². The first-order valence-electron chi connectivity index (χ1n) is 8.74. The molecule has 1 saturated heterocycles. The molecular weight excluding hydrogens is 366 g/mol. The molecule has 1 aliphatic rings. The van der Waals surface area contributed by atoms with Gasteiger partial charge in [0.1, 0.15) is 0 Å². The van der Waals surface area contributed by atoms with Crippen molar-refractivity contribution in [2.24, 2.45) is 0 Å². The Bertz CT molecular complexity index is 922. The number of carbonyl (C=O) groups is 4. The number of nitrogens with one attached hydrogen (secondary N) is 1. The van der Waals surface area contributed by atoms with Gasteiger partial charge < -0.3 is 14.5 Å². The largest absolute Gasteiger partial charge is 0.490 e. The topological polar surface area (TPSA) is 109 Å². The molecule has 0 aliphatic carbocycles. The van der Waals surface area contributed by atoms with Crippen molar-refractivity contribution in [2.75, 3.05) is 24.7 Å². The third kappa shape index (κ3) is 3.46. The fourth-order valence-corrected chi connectivity index (χ4v) is 2.78. The zero-order valence-corrected chi connectivity index (χ0v) is 15.4. The number of rotatable bonds is 8. The third-order valence-electron chi connectivity index (χ3n) is 4.04. The van der Waals surface area contributed by atoms with Crippen LogP contribution in [0.4, 0.5) is 10.5 Å². The molecule has 0 radical (unpaired) electrons. The van der Waals surface area contributed by atoms with E-state index in [0.717, 1.165) is 4.90 Å². The minimum atomic E-state index is -1.06. The number of carbonyl (C=O) groups excluding carboxylic acids is 4. The number of ketones is 1. The fourth-order valence-electron chi connectivity index (χ4n) is 2.78. The van der Waals surface area contributed by atoms with E-state index in [1.807, 2.05) is 6.92 Å². The van der Waals surface area contributed by atoms with E-state index in [0.29, 0.717) is 29.6 Å². The summed E-state index contributed by atoms with van der Waals surface area (Å²) >= 11 is 0. The number of Topliss-reactive ketones (excluding diaryl/α,β-unsaturated/α-hetero) is 1. The Morgan fingerprint density at radius 3 is 2.36 bits per heavy atom. The number of benzene rings is 1. The van der Waals surface area contributed by atoms with E-state index >= 15 is 0 Å². The van der Waals surface area contributed by atoms with Crippen LogP contribution in [0, 0.1) is 0 Å². The van der Waals surface area contributed by atoms with Crippen LogP contribution in [0.1, 0.15) is 24.3 Å². The molecule has 2 aromatic rings. The molecule has 146 valence electrons. The fraction of sp³-hybridized carbons (Fsp3) is 0.263. The van der Waals surface area contributed by atoms with Crippen molar-refractivity contribution in [3.63, 3.8) is 0 Å². The lowest BCUT2D eigenvalue weighted by Crippen LogP contribution is -2.37. The molecule has 1 aromatic heterocycles. The third-order valence-corrected chi connectivity index (χ3v) is 4.04. The molecule has 0 saturated carbocycles. The number of hydrogen-bond acceptors (Lipinski definition) is 6. The monoisotopic (exact) mass is 385 g/mol. The summed E-state index contributed by atoms with van der Waals surface area (Å²) < 4.78 is 11.0. The summed E-state index contributed by atoms with van der Waals surface area (Å²) in [6, 6.07) is 6.74. The van der Waals surface area contributed by atoms with Gasteiger partial charge in [-0.2, -0.15) is 0 Å². The number of hydrogen-bond donors (Lipinski definition) is 1. The molecule has 0 atom stereocenters. The van der Waals surface area contributed by atoms with Gasteiger partial charge in [0.15, 0.2) is 17.3 Å². The van der Waals surface area contributed by atoms with Crippen molar-refractivity contribution >= 4 is 29.3 Å². The highest BCUT2D eigenvalue weighted by Crippen LogP contribution is 2.34. The Labute approximate surface area is 160 Å². The van der Waals surface area contributed by atoms with Gasteiger partial charge in [0.25, 0.3) is 0 Å². The van der Waals surface area contributed by atoms with Crippen molar-refractivity contribution in [3.05, 3.63) is 42.2 Å². The predicted molar refractivity (Wildman–Crippen MR) is 98.5 cm³/mol. The van der Waals surface area contributed by atoms with Gasteiger partial charge in [0.05, 0.1) is 31.1 Å². The van der Waals surface area contributed by atoms with Gasteiger partial charge in [-0.25, -0.2) is 14.6 Å². The molecule has 3 rings (SSSR count). The minimum Gasteiger partial charge on any atom is -0.490 e. The van der Waals surface area contributed by atoms with Gasteiger partial charge in [-0.1, -0.05) is 0 Å². The highest BCUT2D eigenvalue weighted by molar-refractivity contribution is 6.53. The lowest BCUT2D eigenvalue weighted by Gasteiger charge is -2.17. The summed E-state index contributed by atoms with van der Waals surface area (Å²) in [5, 5.41) is 0. The zero-order chi connectivity index (χ0) is 20.3. The number of nitrogens with zero attached hydrogens (tertiary/aromatic N) is 2. The minimum absolute atomic E-state index is 0.157. The predicted octanol–water partition coefficient (Wildman–Crippen LogP) is 1.99. The smallest absolute Gasteiger partial charge is 0.339 e. The first-order chi connectivity index (χ1) is 13.5. The molecule has 0 spiro atoms. The second-order valence-electron chi connectivity index (χ2n) is 5.82. The van der Waals surface area contributed by atoms with Crippen molar-refractivity contribution in [1.29, 1.82) is 0 Å². The summed E-state index contributed by atoms with van der Waals surface area (Å²) in [6.45, 7) is 3.83. The maximum Gasteiger partial charge on any atom is 0.339 e. The molecule has 9 heteroatoms. The molecule has 1 fully saturated rings. The van der Waals surface area contributed by atoms with Crippen LogP contribution < -0.4 is 14.4 Å². The number of imide groups is 2. The molecule has 9 nitrogen and oxygen atoms in total. The molecule has 0 unspecified atom stereocenters. The van der Waals surface area contributed by atoms with Gasteiger partial charge in [-0.15, -0.1) is 0 Å². The number of anilines is 1. The van der Waals surface area contributed by atoms with Crippen LogP contribution in [-0.4, -0.2) is 53.3 Å². The Morgan fingerprint density at radius 1 is 1.00 bits per heavy atom. The van der Waals surface area contributed by atoms with E-state index in [2.05, 4.69) is 4.98 Å². The summed E-state index contributed by atoms with van der Waals surface area (Å²) in [7, 11) is 0. The summed E-state index contributed by atoms with van der Waals surface area (Å²) in [5.41, 5.74) is 0.399. The standard InChI is InChI=1S/C19H19N3O6/c1-3-27-15-8-7-12(10-16(15)28-4-2)22-18(25)17(24)21(19(22)26)11-14(23)13-6-5-9-20-13/h5-10,20H,3-4,11H2,1-2H3. The van der Waals surface area contributed by atoms with E-state index in [9.17, 15) is 19.2 Å². The number of aromatic nitrogens is 1. The normalized spacial score (nSPS) is 14.0. The van der Waals surface area contributed by atoms with Crippen LogP contribution >= 0.6 is 0 Å². The van der Waals surface area contributed by atoms with Crippen LogP contribution in [0.3, 0.4) is 0 Å². The summed E-state index contributed by atoms with van der Waals surface area (Å²) in [5.74, 6) is -1.77. The van der Waals surface area contributed by atoms with Crippen molar-refractivity contribution in [3.8, 4) is 11.5 Å². The van der Waals surface area contributed by atoms with Gasteiger partial charge in [0.2, 0.25) is 0 Å². The van der Waals surface area contributed by atoms with Gasteiger partial charge in [-0.05, 0) is 38.1 Å². The Morgan fingerprint density at radius 2 is 1.71 bits per heavy atom.